The van der Waals surface area contributed by atoms with E-state index in [2.05, 4.69) is 15.9 Å². The number of nitrogens with zero attached hydrogens (tertiary/aromatic N) is 1. The average Bonchev–Trinajstić information content (AvgIpc) is 1.91. The number of ether oxygens (including phenoxy) is 1. The van der Waals surface area contributed by atoms with E-state index in [9.17, 15) is 4.79 Å². The summed E-state index contributed by atoms with van der Waals surface area (Å²) < 4.78 is 4.38. The van der Waals surface area contributed by atoms with Crippen LogP contribution in [0.2, 0.25) is 0 Å². The van der Waals surface area contributed by atoms with Crippen LogP contribution in [0.5, 0.6) is 5.88 Å². The third kappa shape index (κ3) is 1.53. The molecule has 0 aliphatic heterocycles. The molecule has 0 saturated heterocycles. The summed E-state index contributed by atoms with van der Waals surface area (Å²) in [6.45, 7) is 0.330. The van der Waals surface area contributed by atoms with E-state index in [4.69, 9.17) is 0 Å². The van der Waals surface area contributed by atoms with Crippen LogP contribution in [-0.4, -0.2) is 11.5 Å². The molecule has 0 unspecified atom stereocenters. The molecular weight excluding hydrogens is 118 g/mol. The highest BCUT2D eigenvalue weighted by Gasteiger charge is 1.86. The molecule has 0 fully saturated rings. The van der Waals surface area contributed by atoms with E-state index in [1.165, 1.54) is 0 Å². The SMILES string of the molecule is O=COc1ccc[c]n1. The fourth-order valence-electron chi connectivity index (χ4n) is 0.427. The highest BCUT2D eigenvalue weighted by Crippen LogP contribution is 1.99. The normalized spacial score (nSPS) is 8.44. The van der Waals surface area contributed by atoms with Crippen molar-refractivity contribution in [3.8, 4) is 5.88 Å². The van der Waals surface area contributed by atoms with Gasteiger partial charge in [0.25, 0.3) is 6.47 Å². The maximum atomic E-state index is 9.70. The fraction of sp³-hybridized carbons (Fsp3) is 0. The molecule has 0 amide bonds. The third-order valence-electron chi connectivity index (χ3n) is 0.753. The lowest BCUT2D eigenvalue weighted by Gasteiger charge is -1.90. The molecule has 1 radical (unpaired) electrons. The van der Waals surface area contributed by atoms with Crippen molar-refractivity contribution in [1.29, 1.82) is 0 Å². The second-order valence-corrected chi connectivity index (χ2v) is 1.32. The highest BCUT2D eigenvalue weighted by atomic mass is 16.5. The minimum absolute atomic E-state index is 0.271. The van der Waals surface area contributed by atoms with Gasteiger partial charge in [0.15, 0.2) is 0 Å². The number of carbonyl (C=O) groups excluding carboxylic acids is 1. The van der Waals surface area contributed by atoms with Gasteiger partial charge >= 0.3 is 0 Å². The van der Waals surface area contributed by atoms with Crippen LogP contribution in [-0.2, 0) is 4.79 Å². The summed E-state index contributed by atoms with van der Waals surface area (Å²) in [5, 5.41) is 0. The zero-order valence-corrected chi connectivity index (χ0v) is 4.57. The minimum Gasteiger partial charge on any atom is -0.410 e. The molecule has 1 rings (SSSR count). The third-order valence-corrected chi connectivity index (χ3v) is 0.753. The Hall–Kier alpha value is -1.38. The van der Waals surface area contributed by atoms with E-state index in [1.54, 1.807) is 18.2 Å². The second kappa shape index (κ2) is 2.81. The van der Waals surface area contributed by atoms with E-state index in [0.29, 0.717) is 6.47 Å². The van der Waals surface area contributed by atoms with Gasteiger partial charge in [0.1, 0.15) is 0 Å². The molecule has 0 bridgehead atoms. The first-order chi connectivity index (χ1) is 4.43. The zero-order chi connectivity index (χ0) is 6.53. The number of hydrogen-bond donors (Lipinski definition) is 0. The zero-order valence-electron chi connectivity index (χ0n) is 4.57. The number of pyridine rings is 1. The number of carbonyl (C=O) groups is 1. The van der Waals surface area contributed by atoms with Gasteiger partial charge in [0, 0.05) is 6.07 Å². The summed E-state index contributed by atoms with van der Waals surface area (Å²) in [4.78, 5) is 13.3. The Kier molecular flexibility index (Phi) is 1.80. The standard InChI is InChI=1S/C6H4NO2/c8-5-9-6-3-1-2-4-7-6/h1-3,5H. The lowest BCUT2D eigenvalue weighted by atomic mass is 10.5. The largest absolute Gasteiger partial charge is 0.410 e. The minimum atomic E-state index is 0.271. The maximum Gasteiger partial charge on any atom is 0.299 e. The van der Waals surface area contributed by atoms with Crippen molar-refractivity contribution < 1.29 is 9.53 Å². The van der Waals surface area contributed by atoms with Crippen LogP contribution < -0.4 is 4.74 Å². The van der Waals surface area contributed by atoms with Gasteiger partial charge in [-0.05, 0) is 6.07 Å². The van der Waals surface area contributed by atoms with Crippen molar-refractivity contribution in [3.63, 3.8) is 0 Å². The molecule has 9 heavy (non-hydrogen) atoms. The average molecular weight is 122 g/mol. The van der Waals surface area contributed by atoms with Crippen LogP contribution in [0.4, 0.5) is 0 Å². The van der Waals surface area contributed by atoms with E-state index >= 15 is 0 Å². The smallest absolute Gasteiger partial charge is 0.299 e. The van der Waals surface area contributed by atoms with Crippen molar-refractivity contribution in [3.05, 3.63) is 24.4 Å². The van der Waals surface area contributed by atoms with Crippen LogP contribution in [0.3, 0.4) is 0 Å². The van der Waals surface area contributed by atoms with Crippen molar-refractivity contribution in [1.82, 2.24) is 4.98 Å². The van der Waals surface area contributed by atoms with Crippen molar-refractivity contribution >= 4 is 6.47 Å². The van der Waals surface area contributed by atoms with Gasteiger partial charge in [0.2, 0.25) is 5.88 Å². The molecule has 0 atom stereocenters. The predicted octanol–water partition coefficient (Wildman–Crippen LogP) is 0.417. The van der Waals surface area contributed by atoms with Crippen LogP contribution in [0.25, 0.3) is 0 Å². The lowest BCUT2D eigenvalue weighted by molar-refractivity contribution is -0.120. The Bertz CT molecular complexity index is 186. The summed E-state index contributed by atoms with van der Waals surface area (Å²) in [5.74, 6) is 0.271. The van der Waals surface area contributed by atoms with Gasteiger partial charge in [-0.25, -0.2) is 4.98 Å². The monoisotopic (exact) mass is 122 g/mol. The van der Waals surface area contributed by atoms with E-state index in [-0.39, 0.29) is 5.88 Å². The predicted molar refractivity (Wildman–Crippen MR) is 29.8 cm³/mol. The Morgan fingerprint density at radius 2 is 2.67 bits per heavy atom. The number of hydrogen-bond acceptors (Lipinski definition) is 3. The summed E-state index contributed by atoms with van der Waals surface area (Å²) in [6, 6.07) is 4.88. The highest BCUT2D eigenvalue weighted by molar-refractivity contribution is 5.42. The molecular formula is C6H4NO2. The molecule has 1 heterocycles. The quantitative estimate of drug-likeness (QED) is 0.533. The van der Waals surface area contributed by atoms with Crippen LogP contribution >= 0.6 is 0 Å². The Morgan fingerprint density at radius 1 is 1.78 bits per heavy atom. The fourth-order valence-corrected chi connectivity index (χ4v) is 0.427. The number of aromatic nitrogens is 1. The van der Waals surface area contributed by atoms with Gasteiger partial charge in [0.05, 0.1) is 6.20 Å². The Labute approximate surface area is 52.3 Å². The first kappa shape index (κ1) is 5.75. The van der Waals surface area contributed by atoms with Gasteiger partial charge in [-0.2, -0.15) is 0 Å². The summed E-state index contributed by atoms with van der Waals surface area (Å²) in [5.41, 5.74) is 0. The maximum absolute atomic E-state index is 9.70. The summed E-state index contributed by atoms with van der Waals surface area (Å²) in [6.07, 6.45) is 2.51. The summed E-state index contributed by atoms with van der Waals surface area (Å²) >= 11 is 0. The second-order valence-electron chi connectivity index (χ2n) is 1.32. The Balaban J connectivity index is 2.72. The molecule has 0 aliphatic rings. The number of rotatable bonds is 2. The molecule has 0 N–H and O–H groups in total. The van der Waals surface area contributed by atoms with E-state index in [1.807, 2.05) is 0 Å². The molecule has 0 saturated carbocycles. The molecule has 3 heteroatoms. The van der Waals surface area contributed by atoms with E-state index in [0.717, 1.165) is 0 Å². The molecule has 1 aromatic heterocycles. The van der Waals surface area contributed by atoms with Gasteiger partial charge in [-0.15, -0.1) is 0 Å². The van der Waals surface area contributed by atoms with Crippen molar-refractivity contribution in [2.75, 3.05) is 0 Å². The molecule has 0 aliphatic carbocycles. The first-order valence-electron chi connectivity index (χ1n) is 2.37. The molecule has 3 nitrogen and oxygen atoms in total. The topological polar surface area (TPSA) is 39.2 Å². The lowest BCUT2D eigenvalue weighted by Crippen LogP contribution is -1.89. The van der Waals surface area contributed by atoms with Gasteiger partial charge in [-0.3, -0.25) is 4.79 Å². The van der Waals surface area contributed by atoms with E-state index < -0.39 is 0 Å². The summed E-state index contributed by atoms with van der Waals surface area (Å²) in [7, 11) is 0. The Morgan fingerprint density at radius 3 is 3.22 bits per heavy atom. The van der Waals surface area contributed by atoms with Crippen LogP contribution in [0.15, 0.2) is 18.2 Å². The van der Waals surface area contributed by atoms with Gasteiger partial charge < -0.3 is 4.74 Å². The molecule has 45 valence electrons. The van der Waals surface area contributed by atoms with Crippen molar-refractivity contribution in [2.45, 2.75) is 0 Å². The van der Waals surface area contributed by atoms with Gasteiger partial charge in [-0.1, -0.05) is 6.07 Å². The van der Waals surface area contributed by atoms with Crippen LogP contribution in [0.1, 0.15) is 0 Å². The molecule has 0 aromatic carbocycles. The first-order valence-corrected chi connectivity index (χ1v) is 2.37. The molecule has 0 spiro atoms. The molecule has 1 aromatic rings. The van der Waals surface area contributed by atoms with Crippen molar-refractivity contribution in [2.24, 2.45) is 0 Å². The van der Waals surface area contributed by atoms with Crippen LogP contribution in [0, 0.1) is 6.20 Å².